The van der Waals surface area contributed by atoms with Crippen LogP contribution in [0.25, 0.3) is 0 Å². The zero-order chi connectivity index (χ0) is 35.8. The number of hydrogen-bond donors (Lipinski definition) is 2. The summed E-state index contributed by atoms with van der Waals surface area (Å²) >= 11 is 0. The number of ether oxygens (including phenoxy) is 3. The van der Waals surface area contributed by atoms with Crippen LogP contribution in [0.4, 0.5) is 8.78 Å². The first-order chi connectivity index (χ1) is 22.9. The molecule has 9 nitrogen and oxygen atoms in total. The van der Waals surface area contributed by atoms with E-state index in [0.717, 1.165) is 38.5 Å². The van der Waals surface area contributed by atoms with Crippen LogP contribution < -0.4 is 15.2 Å². The van der Waals surface area contributed by atoms with Crippen LogP contribution >= 0.6 is 0 Å². The Morgan fingerprint density at radius 3 is 2.04 bits per heavy atom. The smallest absolute Gasteiger partial charge is 0.328 e. The number of esters is 1. The fourth-order valence-electron chi connectivity index (χ4n) is 5.34. The molecule has 3 atom stereocenters. The van der Waals surface area contributed by atoms with E-state index in [1.165, 1.54) is 20.3 Å². The van der Waals surface area contributed by atoms with Gasteiger partial charge in [-0.15, -0.1) is 0 Å². The molecule has 2 N–H and O–H groups in total. The predicted molar refractivity (Wildman–Crippen MR) is 180 cm³/mol. The molecule has 0 aliphatic rings. The second-order valence-corrected chi connectivity index (χ2v) is 12.5. The van der Waals surface area contributed by atoms with Gasteiger partial charge in [-0.25, -0.2) is 13.6 Å². The molecule has 0 unspecified atom stereocenters. The van der Waals surface area contributed by atoms with Gasteiger partial charge in [0, 0.05) is 39.4 Å². The third kappa shape index (κ3) is 16.9. The van der Waals surface area contributed by atoms with Crippen molar-refractivity contribution >= 4 is 17.8 Å². The molecule has 0 bridgehead atoms. The van der Waals surface area contributed by atoms with Crippen molar-refractivity contribution in [2.75, 3.05) is 27.4 Å². The zero-order valence-electron chi connectivity index (χ0n) is 29.4. The van der Waals surface area contributed by atoms with E-state index in [9.17, 15) is 33.4 Å². The van der Waals surface area contributed by atoms with Crippen molar-refractivity contribution in [2.45, 2.75) is 134 Å². The lowest BCUT2D eigenvalue weighted by Crippen LogP contribution is -2.59. The standard InChI is InChI=1S/C37H59F2NO8/c1-5-7-9-13-16-23-36(38,39)24-17-14-11-10-12-15-18-31(37(45,35(43)44)25-27-46-3)33(41)40-32(34(42)47-4)28-29-19-21-30(22-20-29)48-26-8-6-2/h15,18-22,31-32,45H,5-14,16-17,23-28H2,1-4H3,(H,40,41)(H,43,44)/p-1/t31-,32+,37+/m1/s1. The molecule has 0 saturated carbocycles. The molecule has 0 saturated heterocycles. The molecule has 0 aliphatic heterocycles. The molecule has 0 heterocycles. The molecule has 1 aromatic rings. The second kappa shape index (κ2) is 24.1. The van der Waals surface area contributed by atoms with Gasteiger partial charge in [-0.05, 0) is 49.8 Å². The average Bonchev–Trinajstić information content (AvgIpc) is 3.06. The normalized spacial score (nSPS) is 14.3. The summed E-state index contributed by atoms with van der Waals surface area (Å²) in [5, 5.41) is 25.9. The van der Waals surface area contributed by atoms with Crippen LogP contribution in [0.5, 0.6) is 5.75 Å². The van der Waals surface area contributed by atoms with Gasteiger partial charge >= 0.3 is 5.97 Å². The lowest BCUT2D eigenvalue weighted by molar-refractivity contribution is -0.327. The quantitative estimate of drug-likeness (QED) is 0.0616. The Hall–Kier alpha value is -3.05. The van der Waals surface area contributed by atoms with Gasteiger partial charge in [-0.3, -0.25) is 4.79 Å². The summed E-state index contributed by atoms with van der Waals surface area (Å²) < 4.78 is 43.9. The summed E-state index contributed by atoms with van der Waals surface area (Å²) in [6.07, 6.45) is 11.4. The minimum atomic E-state index is -2.65. The number of alkyl halides is 2. The molecule has 0 radical (unpaired) electrons. The van der Waals surface area contributed by atoms with Crippen molar-refractivity contribution in [3.05, 3.63) is 42.0 Å². The maximum Gasteiger partial charge on any atom is 0.328 e. The molecular formula is C37H58F2NO8-. The third-order valence-corrected chi connectivity index (χ3v) is 8.41. The monoisotopic (exact) mass is 682 g/mol. The molecule has 274 valence electrons. The number of methoxy groups -OCH3 is 2. The van der Waals surface area contributed by atoms with Gasteiger partial charge in [0.25, 0.3) is 0 Å². The number of carbonyl (C=O) groups is 3. The molecule has 0 spiro atoms. The summed E-state index contributed by atoms with van der Waals surface area (Å²) in [6.45, 7) is 4.56. The van der Waals surface area contributed by atoms with E-state index >= 15 is 0 Å². The minimum absolute atomic E-state index is 0.0454. The van der Waals surface area contributed by atoms with Crippen LogP contribution in [0, 0.1) is 5.92 Å². The summed E-state index contributed by atoms with van der Waals surface area (Å²) in [6, 6.07) is 5.85. The number of unbranched alkanes of at least 4 members (excludes halogenated alkanes) is 9. The number of nitrogens with one attached hydrogen (secondary N) is 1. The molecular weight excluding hydrogens is 624 g/mol. The molecule has 0 aliphatic carbocycles. The van der Waals surface area contributed by atoms with Gasteiger partial charge < -0.3 is 34.5 Å². The number of rotatable bonds is 28. The molecule has 48 heavy (non-hydrogen) atoms. The summed E-state index contributed by atoms with van der Waals surface area (Å²) in [5.41, 5.74) is -1.93. The topological polar surface area (TPSA) is 134 Å². The first kappa shape index (κ1) is 43.0. The van der Waals surface area contributed by atoms with Gasteiger partial charge in [-0.1, -0.05) is 83.1 Å². The predicted octanol–water partition coefficient (Wildman–Crippen LogP) is 6.09. The largest absolute Gasteiger partial charge is 0.547 e. The van der Waals surface area contributed by atoms with Crippen molar-refractivity contribution in [2.24, 2.45) is 5.92 Å². The van der Waals surface area contributed by atoms with Crippen LogP contribution in [0.2, 0.25) is 0 Å². The van der Waals surface area contributed by atoms with Crippen LogP contribution in [0.3, 0.4) is 0 Å². The number of carboxylic acids is 1. The van der Waals surface area contributed by atoms with Crippen LogP contribution in [-0.4, -0.2) is 68.0 Å². The Balaban J connectivity index is 2.88. The van der Waals surface area contributed by atoms with Gasteiger partial charge in [-0.2, -0.15) is 0 Å². The summed E-state index contributed by atoms with van der Waals surface area (Å²) in [7, 11) is 2.51. The fourth-order valence-corrected chi connectivity index (χ4v) is 5.34. The molecule has 11 heteroatoms. The molecule has 0 fully saturated rings. The number of hydrogen-bond acceptors (Lipinski definition) is 8. The number of benzene rings is 1. The minimum Gasteiger partial charge on any atom is -0.547 e. The number of allylic oxidation sites excluding steroid dienone is 1. The van der Waals surface area contributed by atoms with Crippen LogP contribution in [-0.2, 0) is 30.3 Å². The Morgan fingerprint density at radius 2 is 1.48 bits per heavy atom. The number of amides is 1. The Morgan fingerprint density at radius 1 is 0.875 bits per heavy atom. The molecule has 1 rings (SSSR count). The van der Waals surface area contributed by atoms with Crippen molar-refractivity contribution < 1.29 is 47.6 Å². The highest BCUT2D eigenvalue weighted by atomic mass is 19.3. The highest BCUT2D eigenvalue weighted by Gasteiger charge is 2.42. The Bertz CT molecular complexity index is 1080. The lowest BCUT2D eigenvalue weighted by atomic mass is 9.83. The Labute approximate surface area is 285 Å². The van der Waals surface area contributed by atoms with E-state index in [4.69, 9.17) is 14.2 Å². The second-order valence-electron chi connectivity index (χ2n) is 12.5. The van der Waals surface area contributed by atoms with Gasteiger partial charge in [0.05, 0.1) is 25.6 Å². The van der Waals surface area contributed by atoms with E-state index < -0.39 is 47.7 Å². The van der Waals surface area contributed by atoms with Gasteiger partial charge in [0.2, 0.25) is 11.8 Å². The number of carbonyl (C=O) groups excluding carboxylic acids is 3. The average molecular weight is 683 g/mol. The van der Waals surface area contributed by atoms with E-state index in [1.807, 2.05) is 0 Å². The summed E-state index contributed by atoms with van der Waals surface area (Å²) in [5.74, 6) is -7.11. The molecule has 0 aromatic heterocycles. The van der Waals surface area contributed by atoms with Crippen molar-refractivity contribution in [1.29, 1.82) is 0 Å². The maximum atomic E-state index is 14.2. The van der Waals surface area contributed by atoms with E-state index in [2.05, 4.69) is 19.2 Å². The Kier molecular flexibility index (Phi) is 21.6. The zero-order valence-corrected chi connectivity index (χ0v) is 29.4. The van der Waals surface area contributed by atoms with Crippen molar-refractivity contribution in [3.63, 3.8) is 0 Å². The first-order valence-electron chi connectivity index (χ1n) is 17.5. The number of carboxylic acid groups (broad SMARTS) is 1. The SMILES string of the molecule is CCCCCCCC(F)(F)CCCCCCC=C[C@H](C(=O)N[C@@H](Cc1ccc(OCCCC)cc1)C(=O)OC)[C@@](O)(CCOC)C(=O)[O-]. The number of halogens is 2. The molecule has 1 amide bonds. The molecule has 1 aromatic carbocycles. The van der Waals surface area contributed by atoms with E-state index in [-0.39, 0.29) is 25.9 Å². The highest BCUT2D eigenvalue weighted by molar-refractivity contribution is 5.92. The van der Waals surface area contributed by atoms with Gasteiger partial charge in [0.1, 0.15) is 17.4 Å². The first-order valence-corrected chi connectivity index (χ1v) is 17.5. The van der Waals surface area contributed by atoms with E-state index in [0.29, 0.717) is 56.4 Å². The number of aliphatic carboxylic acids is 1. The van der Waals surface area contributed by atoms with Gasteiger partial charge in [0.15, 0.2) is 0 Å². The summed E-state index contributed by atoms with van der Waals surface area (Å²) in [4.78, 5) is 38.4. The fraction of sp³-hybridized carbons (Fsp3) is 0.703. The van der Waals surface area contributed by atoms with Crippen molar-refractivity contribution in [3.8, 4) is 5.75 Å². The number of aliphatic hydroxyl groups is 1. The third-order valence-electron chi connectivity index (χ3n) is 8.41. The van der Waals surface area contributed by atoms with Crippen LogP contribution in [0.1, 0.15) is 116 Å². The lowest BCUT2D eigenvalue weighted by Gasteiger charge is -2.35. The maximum absolute atomic E-state index is 14.2. The van der Waals surface area contributed by atoms with E-state index in [1.54, 1.807) is 30.3 Å². The highest BCUT2D eigenvalue weighted by Crippen LogP contribution is 2.29. The van der Waals surface area contributed by atoms with Crippen LogP contribution in [0.15, 0.2) is 36.4 Å². The van der Waals surface area contributed by atoms with Crippen molar-refractivity contribution in [1.82, 2.24) is 5.32 Å².